The van der Waals surface area contributed by atoms with Crippen LogP contribution in [0.3, 0.4) is 0 Å². The standard InChI is InChI=1S/C19H24N2O4/c1-23-12-11-20-19(22)15-21-17-9-5-6-10-18(17)25-14-13-24-16-7-3-2-4-8-16/h2-10,21H,11-15H2,1H3,(H,20,22). The van der Waals surface area contributed by atoms with Crippen LogP contribution in [-0.2, 0) is 9.53 Å². The number of benzene rings is 2. The lowest BCUT2D eigenvalue weighted by Gasteiger charge is -2.13. The Bertz CT molecular complexity index is 634. The number of rotatable bonds is 11. The summed E-state index contributed by atoms with van der Waals surface area (Å²) in [4.78, 5) is 11.7. The minimum atomic E-state index is -0.0979. The number of hydrogen-bond donors (Lipinski definition) is 2. The Kier molecular flexibility index (Phi) is 8.14. The van der Waals surface area contributed by atoms with Crippen LogP contribution in [0.15, 0.2) is 54.6 Å². The molecule has 134 valence electrons. The van der Waals surface area contributed by atoms with Gasteiger partial charge in [-0.15, -0.1) is 0 Å². The minimum absolute atomic E-state index is 0.0979. The van der Waals surface area contributed by atoms with E-state index < -0.39 is 0 Å². The Morgan fingerprint density at radius 2 is 1.64 bits per heavy atom. The second-order valence-electron chi connectivity index (χ2n) is 5.20. The normalized spacial score (nSPS) is 10.1. The van der Waals surface area contributed by atoms with Crippen molar-refractivity contribution in [3.05, 3.63) is 54.6 Å². The number of hydrogen-bond acceptors (Lipinski definition) is 5. The lowest BCUT2D eigenvalue weighted by molar-refractivity contribution is -0.119. The molecule has 2 N–H and O–H groups in total. The summed E-state index contributed by atoms with van der Waals surface area (Å²) in [5, 5.41) is 5.84. The smallest absolute Gasteiger partial charge is 0.239 e. The van der Waals surface area contributed by atoms with Gasteiger partial charge in [-0.3, -0.25) is 4.79 Å². The average molecular weight is 344 g/mol. The minimum Gasteiger partial charge on any atom is -0.490 e. The van der Waals surface area contributed by atoms with Crippen LogP contribution in [0.2, 0.25) is 0 Å². The SMILES string of the molecule is COCCNC(=O)CNc1ccccc1OCCOc1ccccc1. The Morgan fingerprint density at radius 3 is 2.44 bits per heavy atom. The van der Waals surface area contributed by atoms with Crippen molar-refractivity contribution in [2.45, 2.75) is 0 Å². The maximum atomic E-state index is 11.7. The van der Waals surface area contributed by atoms with E-state index in [-0.39, 0.29) is 12.5 Å². The van der Waals surface area contributed by atoms with Crippen LogP contribution >= 0.6 is 0 Å². The second-order valence-corrected chi connectivity index (χ2v) is 5.20. The summed E-state index contributed by atoms with van der Waals surface area (Å²) in [5.74, 6) is 1.40. The first-order valence-electron chi connectivity index (χ1n) is 8.19. The molecule has 2 rings (SSSR count). The first kappa shape index (κ1) is 18.6. The van der Waals surface area contributed by atoms with Crippen molar-refractivity contribution in [2.75, 3.05) is 45.3 Å². The maximum Gasteiger partial charge on any atom is 0.239 e. The van der Waals surface area contributed by atoms with Crippen LogP contribution in [0.1, 0.15) is 0 Å². The number of nitrogens with one attached hydrogen (secondary N) is 2. The molecule has 0 saturated carbocycles. The van der Waals surface area contributed by atoms with E-state index in [0.717, 1.165) is 11.4 Å². The molecule has 0 fully saturated rings. The first-order chi connectivity index (χ1) is 12.3. The molecule has 1 amide bonds. The van der Waals surface area contributed by atoms with Gasteiger partial charge in [0, 0.05) is 13.7 Å². The van der Waals surface area contributed by atoms with Crippen molar-refractivity contribution in [3.8, 4) is 11.5 Å². The van der Waals surface area contributed by atoms with Gasteiger partial charge in [-0.1, -0.05) is 30.3 Å². The summed E-state index contributed by atoms with van der Waals surface area (Å²) >= 11 is 0. The van der Waals surface area contributed by atoms with Gasteiger partial charge in [0.1, 0.15) is 24.7 Å². The Hall–Kier alpha value is -2.73. The largest absolute Gasteiger partial charge is 0.490 e. The number of ether oxygens (including phenoxy) is 3. The van der Waals surface area contributed by atoms with Crippen molar-refractivity contribution in [1.29, 1.82) is 0 Å². The Labute approximate surface area is 148 Å². The van der Waals surface area contributed by atoms with Gasteiger partial charge in [0.15, 0.2) is 0 Å². The highest BCUT2D eigenvalue weighted by atomic mass is 16.5. The zero-order chi connectivity index (χ0) is 17.7. The topological polar surface area (TPSA) is 68.8 Å². The van der Waals surface area contributed by atoms with E-state index in [1.807, 2.05) is 54.6 Å². The molecule has 0 spiro atoms. The van der Waals surface area contributed by atoms with E-state index in [0.29, 0.717) is 32.1 Å². The zero-order valence-corrected chi connectivity index (χ0v) is 14.4. The summed E-state index contributed by atoms with van der Waals surface area (Å²) in [6.07, 6.45) is 0. The summed E-state index contributed by atoms with van der Waals surface area (Å²) in [5.41, 5.74) is 0.768. The predicted molar refractivity (Wildman–Crippen MR) is 97.2 cm³/mol. The predicted octanol–water partition coefficient (Wildman–Crippen LogP) is 2.32. The molecule has 0 saturated heterocycles. The number of amides is 1. The third-order valence-corrected chi connectivity index (χ3v) is 3.31. The molecule has 0 aliphatic rings. The monoisotopic (exact) mass is 344 g/mol. The van der Waals surface area contributed by atoms with E-state index in [1.165, 1.54) is 0 Å². The third kappa shape index (κ3) is 7.14. The van der Waals surface area contributed by atoms with Gasteiger partial charge in [0.25, 0.3) is 0 Å². The molecule has 2 aromatic carbocycles. The second kappa shape index (κ2) is 10.9. The van der Waals surface area contributed by atoms with Gasteiger partial charge in [0.2, 0.25) is 5.91 Å². The van der Waals surface area contributed by atoms with E-state index >= 15 is 0 Å². The maximum absolute atomic E-state index is 11.7. The lowest BCUT2D eigenvalue weighted by atomic mass is 10.3. The molecule has 0 unspecified atom stereocenters. The van der Waals surface area contributed by atoms with Crippen LogP contribution in [0.25, 0.3) is 0 Å². The van der Waals surface area contributed by atoms with Crippen LogP contribution in [0.5, 0.6) is 11.5 Å². The van der Waals surface area contributed by atoms with E-state index in [2.05, 4.69) is 10.6 Å². The zero-order valence-electron chi connectivity index (χ0n) is 14.4. The molecule has 0 heterocycles. The van der Waals surface area contributed by atoms with Crippen molar-refractivity contribution in [1.82, 2.24) is 5.32 Å². The number of carbonyl (C=O) groups is 1. The van der Waals surface area contributed by atoms with Crippen LogP contribution in [0, 0.1) is 0 Å². The molecule has 0 atom stereocenters. The van der Waals surface area contributed by atoms with Gasteiger partial charge in [0.05, 0.1) is 18.8 Å². The summed E-state index contributed by atoms with van der Waals surface area (Å²) < 4.78 is 16.2. The van der Waals surface area contributed by atoms with Gasteiger partial charge >= 0.3 is 0 Å². The molecule has 6 heteroatoms. The molecule has 25 heavy (non-hydrogen) atoms. The summed E-state index contributed by atoms with van der Waals surface area (Å²) in [6, 6.07) is 17.1. The summed E-state index contributed by atoms with van der Waals surface area (Å²) in [6.45, 7) is 2.01. The lowest BCUT2D eigenvalue weighted by Crippen LogP contribution is -2.32. The van der Waals surface area contributed by atoms with E-state index in [9.17, 15) is 4.79 Å². The molecule has 6 nitrogen and oxygen atoms in total. The Morgan fingerprint density at radius 1 is 0.920 bits per heavy atom. The molecular formula is C19H24N2O4. The average Bonchev–Trinajstić information content (AvgIpc) is 2.65. The Balaban J connectivity index is 1.74. The molecular weight excluding hydrogens is 320 g/mol. The fraction of sp³-hybridized carbons (Fsp3) is 0.316. The molecule has 0 bridgehead atoms. The highest BCUT2D eigenvalue weighted by Gasteiger charge is 2.05. The van der Waals surface area contributed by atoms with Crippen molar-refractivity contribution in [3.63, 3.8) is 0 Å². The number of carbonyl (C=O) groups excluding carboxylic acids is 1. The number of methoxy groups -OCH3 is 1. The van der Waals surface area contributed by atoms with Crippen molar-refractivity contribution in [2.24, 2.45) is 0 Å². The number of anilines is 1. The van der Waals surface area contributed by atoms with Crippen molar-refractivity contribution < 1.29 is 19.0 Å². The first-order valence-corrected chi connectivity index (χ1v) is 8.19. The molecule has 0 aromatic heterocycles. The molecule has 0 aliphatic heterocycles. The van der Waals surface area contributed by atoms with E-state index in [1.54, 1.807) is 7.11 Å². The molecule has 2 aromatic rings. The van der Waals surface area contributed by atoms with Gasteiger partial charge in [-0.25, -0.2) is 0 Å². The fourth-order valence-corrected chi connectivity index (χ4v) is 2.10. The molecule has 0 radical (unpaired) electrons. The quantitative estimate of drug-likeness (QED) is 0.612. The van der Waals surface area contributed by atoms with Gasteiger partial charge in [-0.05, 0) is 24.3 Å². The van der Waals surface area contributed by atoms with Crippen molar-refractivity contribution >= 4 is 11.6 Å². The molecule has 0 aliphatic carbocycles. The summed E-state index contributed by atoms with van der Waals surface area (Å²) in [7, 11) is 1.60. The highest BCUT2D eigenvalue weighted by Crippen LogP contribution is 2.23. The fourth-order valence-electron chi connectivity index (χ4n) is 2.10. The number of para-hydroxylation sites is 3. The highest BCUT2D eigenvalue weighted by molar-refractivity contribution is 5.81. The van der Waals surface area contributed by atoms with Crippen LogP contribution < -0.4 is 20.1 Å². The van der Waals surface area contributed by atoms with Gasteiger partial charge in [-0.2, -0.15) is 0 Å². The van der Waals surface area contributed by atoms with Crippen LogP contribution in [-0.4, -0.2) is 45.9 Å². The van der Waals surface area contributed by atoms with E-state index in [4.69, 9.17) is 14.2 Å². The van der Waals surface area contributed by atoms with Gasteiger partial charge < -0.3 is 24.8 Å². The third-order valence-electron chi connectivity index (χ3n) is 3.31. The van der Waals surface area contributed by atoms with Crippen LogP contribution in [0.4, 0.5) is 5.69 Å².